The highest BCUT2D eigenvalue weighted by Crippen LogP contribution is 2.19. The molecule has 0 fully saturated rings. The minimum Gasteiger partial charge on any atom is -0.397 e. The smallest absolute Gasteiger partial charge is 0.251 e. The van der Waals surface area contributed by atoms with Gasteiger partial charge in [0.25, 0.3) is 5.91 Å². The zero-order chi connectivity index (χ0) is 21.9. The largest absolute Gasteiger partial charge is 0.397 e. The van der Waals surface area contributed by atoms with Gasteiger partial charge in [0.15, 0.2) is 0 Å². The van der Waals surface area contributed by atoms with Crippen LogP contribution < -0.4 is 16.4 Å². The van der Waals surface area contributed by atoms with Gasteiger partial charge in [0.2, 0.25) is 5.91 Å². The number of nitrogens with zero attached hydrogens (tertiary/aromatic N) is 1. The van der Waals surface area contributed by atoms with Crippen LogP contribution in [0.15, 0.2) is 84.8 Å². The van der Waals surface area contributed by atoms with Crippen LogP contribution in [0.2, 0.25) is 0 Å². The molecule has 0 unspecified atom stereocenters. The number of aromatic nitrogens is 1. The van der Waals surface area contributed by atoms with E-state index in [2.05, 4.69) is 22.2 Å². The van der Waals surface area contributed by atoms with Crippen molar-refractivity contribution in [3.63, 3.8) is 0 Å². The van der Waals surface area contributed by atoms with Gasteiger partial charge in [-0.25, -0.2) is 4.39 Å². The van der Waals surface area contributed by atoms with Crippen molar-refractivity contribution in [2.75, 3.05) is 17.6 Å². The molecule has 154 valence electrons. The van der Waals surface area contributed by atoms with Crippen LogP contribution in [0.4, 0.5) is 15.8 Å². The van der Waals surface area contributed by atoms with Gasteiger partial charge in [-0.05, 0) is 48.4 Å². The van der Waals surface area contributed by atoms with Crippen molar-refractivity contribution in [3.05, 3.63) is 96.1 Å². The van der Waals surface area contributed by atoms with Crippen LogP contribution in [-0.2, 0) is 9.59 Å². The molecule has 1 aromatic carbocycles. The van der Waals surface area contributed by atoms with E-state index in [0.717, 1.165) is 11.6 Å². The molecule has 6 nitrogen and oxygen atoms in total. The van der Waals surface area contributed by atoms with Gasteiger partial charge in [0.1, 0.15) is 5.82 Å². The molecule has 0 radical (unpaired) electrons. The molecule has 0 aliphatic rings. The summed E-state index contributed by atoms with van der Waals surface area (Å²) >= 11 is 0. The van der Waals surface area contributed by atoms with Gasteiger partial charge in [0, 0.05) is 30.6 Å². The second-order valence-electron chi connectivity index (χ2n) is 6.32. The maximum atomic E-state index is 13.1. The monoisotopic (exact) mass is 406 g/mol. The normalized spacial score (nSPS) is 11.9. The van der Waals surface area contributed by atoms with Crippen LogP contribution in [-0.4, -0.2) is 23.3 Å². The topological polar surface area (TPSA) is 97.1 Å². The molecule has 1 heterocycles. The number of halogens is 1. The molecule has 0 atom stereocenters. The van der Waals surface area contributed by atoms with Crippen molar-refractivity contribution in [1.29, 1.82) is 0 Å². The van der Waals surface area contributed by atoms with Gasteiger partial charge in [-0.2, -0.15) is 0 Å². The van der Waals surface area contributed by atoms with Crippen LogP contribution >= 0.6 is 0 Å². The first kappa shape index (κ1) is 22.3. The minimum absolute atomic E-state index is 0.139. The summed E-state index contributed by atoms with van der Waals surface area (Å²) in [5.41, 5.74) is 8.10. The Bertz CT molecular complexity index is 1010. The fraction of sp³-hybridized carbons (Fsp3) is 0.0870. The lowest BCUT2D eigenvalue weighted by Crippen LogP contribution is -2.23. The number of hydrogen-bond acceptors (Lipinski definition) is 4. The predicted octanol–water partition coefficient (Wildman–Crippen LogP) is 3.63. The first-order valence-electron chi connectivity index (χ1n) is 9.11. The van der Waals surface area contributed by atoms with E-state index in [4.69, 9.17) is 5.73 Å². The average molecular weight is 406 g/mol. The summed E-state index contributed by atoms with van der Waals surface area (Å²) in [7, 11) is 0. The molecule has 0 bridgehead atoms. The zero-order valence-corrected chi connectivity index (χ0v) is 16.6. The van der Waals surface area contributed by atoms with Gasteiger partial charge < -0.3 is 16.4 Å². The van der Waals surface area contributed by atoms with Crippen molar-refractivity contribution in [2.24, 2.45) is 0 Å². The Morgan fingerprint density at radius 2 is 2.07 bits per heavy atom. The number of carbonyl (C=O) groups is 2. The van der Waals surface area contributed by atoms with Crippen molar-refractivity contribution >= 4 is 29.3 Å². The molecule has 2 amide bonds. The zero-order valence-electron chi connectivity index (χ0n) is 16.6. The number of amides is 2. The quantitative estimate of drug-likeness (QED) is 0.354. The third-order valence-electron chi connectivity index (χ3n) is 4.01. The summed E-state index contributed by atoms with van der Waals surface area (Å²) in [5.74, 6) is -1.12. The maximum absolute atomic E-state index is 13.1. The van der Waals surface area contributed by atoms with Crippen molar-refractivity contribution in [3.8, 4) is 0 Å². The average Bonchev–Trinajstić information content (AvgIpc) is 2.74. The Labute approximate surface area is 174 Å². The molecule has 2 aromatic rings. The number of benzene rings is 1. The highest BCUT2D eigenvalue weighted by molar-refractivity contribution is 6.05. The van der Waals surface area contributed by atoms with Crippen LogP contribution in [0.1, 0.15) is 12.5 Å². The number of allylic oxidation sites excluding steroid dienone is 2. The van der Waals surface area contributed by atoms with E-state index in [1.165, 1.54) is 18.2 Å². The number of pyridine rings is 1. The van der Waals surface area contributed by atoms with E-state index < -0.39 is 5.82 Å². The number of carbonyl (C=O) groups excluding carboxylic acids is 2. The van der Waals surface area contributed by atoms with E-state index in [0.29, 0.717) is 16.8 Å². The molecule has 1 aromatic heterocycles. The Morgan fingerprint density at radius 1 is 1.27 bits per heavy atom. The molecule has 0 spiro atoms. The maximum Gasteiger partial charge on any atom is 0.251 e. The molecule has 0 aliphatic carbocycles. The third-order valence-corrected chi connectivity index (χ3v) is 4.01. The van der Waals surface area contributed by atoms with Gasteiger partial charge in [-0.1, -0.05) is 30.9 Å². The summed E-state index contributed by atoms with van der Waals surface area (Å²) in [6, 6.07) is 7.37. The fourth-order valence-corrected chi connectivity index (χ4v) is 2.27. The minimum atomic E-state index is -0.478. The molecule has 7 heteroatoms. The number of nitrogens with two attached hydrogens (primary N) is 1. The lowest BCUT2D eigenvalue weighted by atomic mass is 10.1. The fourth-order valence-electron chi connectivity index (χ4n) is 2.27. The number of rotatable bonds is 8. The van der Waals surface area contributed by atoms with Gasteiger partial charge in [0.05, 0.1) is 11.4 Å². The van der Waals surface area contributed by atoms with E-state index in [1.807, 2.05) is 6.07 Å². The second-order valence-corrected chi connectivity index (χ2v) is 6.32. The van der Waals surface area contributed by atoms with E-state index in [1.54, 1.807) is 49.7 Å². The molecule has 0 saturated carbocycles. The Hall–Kier alpha value is -4.00. The predicted molar refractivity (Wildman–Crippen MR) is 118 cm³/mol. The second kappa shape index (κ2) is 11.1. The van der Waals surface area contributed by atoms with E-state index in [-0.39, 0.29) is 24.0 Å². The van der Waals surface area contributed by atoms with Crippen molar-refractivity contribution in [1.82, 2.24) is 10.3 Å². The number of anilines is 2. The molecular weight excluding hydrogens is 383 g/mol. The molecule has 0 saturated heterocycles. The lowest BCUT2D eigenvalue weighted by Gasteiger charge is -2.08. The Balaban J connectivity index is 1.93. The first-order chi connectivity index (χ1) is 14.4. The third kappa shape index (κ3) is 7.20. The molecular formula is C23H23FN4O2. The number of nitrogen functional groups attached to an aromatic ring is 1. The first-order valence-corrected chi connectivity index (χ1v) is 9.11. The standard InChI is InChI=1S/C23H23FN4O2/c1-3-17(15-27-22(29)11-8-18-5-4-12-26-14-18)7-6-16(2)23(30)28-21-10-9-19(24)13-20(21)25/h3-14H,1,15,25H2,2H3,(H,27,29)(H,28,30)/b11-8+,16-6+,17-7+. The summed E-state index contributed by atoms with van der Waals surface area (Å²) in [6.07, 6.45) is 11.3. The number of hydrogen-bond donors (Lipinski definition) is 3. The van der Waals surface area contributed by atoms with E-state index in [9.17, 15) is 14.0 Å². The lowest BCUT2D eigenvalue weighted by molar-refractivity contribution is -0.116. The Kier molecular flexibility index (Phi) is 8.26. The summed E-state index contributed by atoms with van der Waals surface area (Å²) in [4.78, 5) is 28.2. The van der Waals surface area contributed by atoms with Crippen LogP contribution in [0.25, 0.3) is 6.08 Å². The van der Waals surface area contributed by atoms with Gasteiger partial charge in [-0.3, -0.25) is 14.6 Å². The highest BCUT2D eigenvalue weighted by atomic mass is 19.1. The molecule has 2 rings (SSSR count). The van der Waals surface area contributed by atoms with Crippen LogP contribution in [0.3, 0.4) is 0 Å². The van der Waals surface area contributed by atoms with Crippen LogP contribution in [0.5, 0.6) is 0 Å². The SMILES string of the molecule is C=C/C(=C\C=C(/C)C(=O)Nc1ccc(F)cc1N)CNC(=O)/C=C/c1cccnc1. The molecule has 0 aliphatic heterocycles. The van der Waals surface area contributed by atoms with Crippen molar-refractivity contribution in [2.45, 2.75) is 6.92 Å². The number of nitrogens with one attached hydrogen (secondary N) is 2. The van der Waals surface area contributed by atoms with Crippen molar-refractivity contribution < 1.29 is 14.0 Å². The summed E-state index contributed by atoms with van der Waals surface area (Å²) in [5, 5.41) is 5.37. The van der Waals surface area contributed by atoms with E-state index >= 15 is 0 Å². The molecule has 30 heavy (non-hydrogen) atoms. The highest BCUT2D eigenvalue weighted by Gasteiger charge is 2.07. The summed E-state index contributed by atoms with van der Waals surface area (Å²) in [6.45, 7) is 5.59. The molecule has 4 N–H and O–H groups in total. The van der Waals surface area contributed by atoms with Crippen LogP contribution in [0, 0.1) is 5.82 Å². The Morgan fingerprint density at radius 3 is 2.73 bits per heavy atom. The van der Waals surface area contributed by atoms with Gasteiger partial charge >= 0.3 is 0 Å². The van der Waals surface area contributed by atoms with Gasteiger partial charge in [-0.15, -0.1) is 0 Å². The summed E-state index contributed by atoms with van der Waals surface area (Å²) < 4.78 is 13.1.